The van der Waals surface area contributed by atoms with Crippen molar-refractivity contribution >= 4 is 57.5 Å². The van der Waals surface area contributed by atoms with Gasteiger partial charge < -0.3 is 9.30 Å². The molecule has 1 N–H and O–H groups in total. The van der Waals surface area contributed by atoms with E-state index in [1.165, 1.54) is 17.0 Å². The van der Waals surface area contributed by atoms with E-state index < -0.39 is 16.7 Å². The number of thiocarbonyl (C=S) groups is 1. The highest BCUT2D eigenvalue weighted by Crippen LogP contribution is 2.28. The molecule has 5 rings (SSSR count). The van der Waals surface area contributed by atoms with Crippen LogP contribution in [0, 0.1) is 10.1 Å². The first kappa shape index (κ1) is 23.9. The minimum absolute atomic E-state index is 0.00887. The summed E-state index contributed by atoms with van der Waals surface area (Å²) >= 11 is 5.29. The van der Waals surface area contributed by atoms with E-state index in [2.05, 4.69) is 5.32 Å². The van der Waals surface area contributed by atoms with Crippen LogP contribution in [0.4, 0.5) is 11.4 Å². The van der Waals surface area contributed by atoms with Gasteiger partial charge in [0.2, 0.25) is 0 Å². The highest BCUT2D eigenvalue weighted by molar-refractivity contribution is 7.80. The number of ether oxygens (including phenoxy) is 1. The molecule has 10 heteroatoms. The number of carbonyl (C=O) groups is 2. The largest absolute Gasteiger partial charge is 0.497 e. The van der Waals surface area contributed by atoms with Crippen molar-refractivity contribution in [3.05, 3.63) is 106 Å². The molecule has 2 heterocycles. The van der Waals surface area contributed by atoms with Gasteiger partial charge in [-0.1, -0.05) is 30.3 Å². The van der Waals surface area contributed by atoms with Crippen LogP contribution < -0.4 is 15.0 Å². The van der Waals surface area contributed by atoms with Gasteiger partial charge in [0.25, 0.3) is 17.5 Å². The number of hydrogen-bond donors (Lipinski definition) is 1. The normalized spacial score (nSPS) is 14.8. The lowest BCUT2D eigenvalue weighted by Gasteiger charge is -2.29. The molecule has 3 aromatic carbocycles. The molecule has 1 aliphatic heterocycles. The molecule has 0 saturated carbocycles. The molecule has 37 heavy (non-hydrogen) atoms. The van der Waals surface area contributed by atoms with Gasteiger partial charge in [-0.2, -0.15) is 0 Å². The van der Waals surface area contributed by atoms with Gasteiger partial charge in [0.05, 0.1) is 17.7 Å². The summed E-state index contributed by atoms with van der Waals surface area (Å²) in [4.78, 5) is 38.3. The van der Waals surface area contributed by atoms with E-state index in [9.17, 15) is 19.7 Å². The maximum Gasteiger partial charge on any atom is 0.270 e. The van der Waals surface area contributed by atoms with Gasteiger partial charge in [-0.05, 0) is 54.2 Å². The van der Waals surface area contributed by atoms with Gasteiger partial charge in [0, 0.05) is 41.3 Å². The molecule has 0 bridgehead atoms. The lowest BCUT2D eigenvalue weighted by molar-refractivity contribution is -0.384. The van der Waals surface area contributed by atoms with Crippen molar-refractivity contribution in [1.29, 1.82) is 0 Å². The average molecular weight is 513 g/mol. The van der Waals surface area contributed by atoms with Crippen LogP contribution in [0.25, 0.3) is 17.0 Å². The third-order valence-electron chi connectivity index (χ3n) is 6.03. The topological polar surface area (TPSA) is 107 Å². The van der Waals surface area contributed by atoms with Crippen molar-refractivity contribution in [2.75, 3.05) is 12.0 Å². The zero-order valence-electron chi connectivity index (χ0n) is 19.6. The smallest absolute Gasteiger partial charge is 0.270 e. The van der Waals surface area contributed by atoms with Crippen molar-refractivity contribution in [3.8, 4) is 5.75 Å². The summed E-state index contributed by atoms with van der Waals surface area (Å²) in [5.74, 6) is -0.514. The third-order valence-corrected chi connectivity index (χ3v) is 6.31. The molecule has 1 aliphatic rings. The summed E-state index contributed by atoms with van der Waals surface area (Å²) in [7, 11) is 1.54. The van der Waals surface area contributed by atoms with E-state index in [1.54, 1.807) is 43.5 Å². The maximum absolute atomic E-state index is 13.4. The molecule has 184 valence electrons. The quantitative estimate of drug-likeness (QED) is 0.135. The minimum Gasteiger partial charge on any atom is -0.497 e. The third kappa shape index (κ3) is 4.57. The van der Waals surface area contributed by atoms with Crippen LogP contribution in [0.5, 0.6) is 5.75 Å². The van der Waals surface area contributed by atoms with E-state index >= 15 is 0 Å². The van der Waals surface area contributed by atoms with Crippen LogP contribution in [-0.2, 0) is 16.1 Å². The number of non-ortho nitro benzene ring substituents is 1. The number of nitrogens with one attached hydrogen (secondary N) is 1. The van der Waals surface area contributed by atoms with Crippen LogP contribution >= 0.6 is 12.2 Å². The molecule has 2 amide bonds. The Morgan fingerprint density at radius 2 is 1.81 bits per heavy atom. The summed E-state index contributed by atoms with van der Waals surface area (Å²) in [6, 6.07) is 20.7. The summed E-state index contributed by atoms with van der Waals surface area (Å²) in [5, 5.41) is 14.6. The molecule has 0 radical (unpaired) electrons. The number of anilines is 1. The fourth-order valence-electron chi connectivity index (χ4n) is 4.26. The van der Waals surface area contributed by atoms with Crippen LogP contribution in [-0.4, -0.2) is 33.5 Å². The van der Waals surface area contributed by atoms with Gasteiger partial charge in [-0.25, -0.2) is 0 Å². The standard InChI is InChI=1S/C27H20N4O5S/c1-36-21-11-9-19(10-12-21)30-26(33)23(25(32)28-27(30)37)14-18-16-29(24-8-3-2-7-22(18)24)15-17-5-4-6-20(13-17)31(34)35/h2-14,16H,15H2,1H3,(H,28,32,37)/b23-14+. The second-order valence-electron chi connectivity index (χ2n) is 8.31. The molecule has 9 nitrogen and oxygen atoms in total. The van der Waals surface area contributed by atoms with Gasteiger partial charge in [0.1, 0.15) is 11.3 Å². The first-order valence-corrected chi connectivity index (χ1v) is 11.6. The van der Waals surface area contributed by atoms with Gasteiger partial charge >= 0.3 is 0 Å². The predicted molar refractivity (Wildman–Crippen MR) is 143 cm³/mol. The Kier molecular flexibility index (Phi) is 6.24. The SMILES string of the molecule is COc1ccc(N2C(=O)/C(=C/c3cn(Cc4cccc([N+](=O)[O-])c4)c4ccccc34)C(=O)NC2=S)cc1. The lowest BCUT2D eigenvalue weighted by atomic mass is 10.1. The Morgan fingerprint density at radius 1 is 1.05 bits per heavy atom. The number of carbonyl (C=O) groups excluding carboxylic acids is 2. The molecular weight excluding hydrogens is 492 g/mol. The van der Waals surface area contributed by atoms with Crippen molar-refractivity contribution in [2.24, 2.45) is 0 Å². The number of rotatable bonds is 6. The molecule has 1 fully saturated rings. The maximum atomic E-state index is 13.4. The zero-order chi connectivity index (χ0) is 26.1. The van der Waals surface area contributed by atoms with Crippen molar-refractivity contribution < 1.29 is 19.2 Å². The minimum atomic E-state index is -0.588. The first-order chi connectivity index (χ1) is 17.9. The molecular formula is C27H20N4O5S. The lowest BCUT2D eigenvalue weighted by Crippen LogP contribution is -2.54. The van der Waals surface area contributed by atoms with Crippen molar-refractivity contribution in [3.63, 3.8) is 0 Å². The molecule has 0 spiro atoms. The molecule has 0 unspecified atom stereocenters. The van der Waals surface area contributed by atoms with E-state index in [0.29, 0.717) is 23.5 Å². The number of benzene rings is 3. The van der Waals surface area contributed by atoms with Crippen LogP contribution in [0.1, 0.15) is 11.1 Å². The first-order valence-electron chi connectivity index (χ1n) is 11.2. The zero-order valence-corrected chi connectivity index (χ0v) is 20.4. The Balaban J connectivity index is 1.54. The van der Waals surface area contributed by atoms with Crippen LogP contribution in [0.15, 0.2) is 84.6 Å². The van der Waals surface area contributed by atoms with E-state index in [0.717, 1.165) is 16.5 Å². The Hall–Kier alpha value is -4.83. The van der Waals surface area contributed by atoms with Crippen LogP contribution in [0.2, 0.25) is 0 Å². The Labute approximate surface area is 216 Å². The Morgan fingerprint density at radius 3 is 2.54 bits per heavy atom. The van der Waals surface area contributed by atoms with Crippen molar-refractivity contribution in [2.45, 2.75) is 6.54 Å². The number of fused-ring (bicyclic) bond motifs is 1. The number of hydrogen-bond acceptors (Lipinski definition) is 6. The summed E-state index contributed by atoms with van der Waals surface area (Å²) in [6.45, 7) is 0.369. The fraction of sp³-hybridized carbons (Fsp3) is 0.0741. The monoisotopic (exact) mass is 512 g/mol. The summed E-state index contributed by atoms with van der Waals surface area (Å²) in [6.07, 6.45) is 3.37. The van der Waals surface area contributed by atoms with E-state index in [4.69, 9.17) is 17.0 Å². The number of para-hydroxylation sites is 1. The average Bonchev–Trinajstić information content (AvgIpc) is 3.24. The number of nitro benzene ring substituents is 1. The van der Waals surface area contributed by atoms with Gasteiger partial charge in [-0.3, -0.25) is 29.9 Å². The number of nitro groups is 1. The predicted octanol–water partition coefficient (Wildman–Crippen LogP) is 4.44. The number of nitrogens with zero attached hydrogens (tertiary/aromatic N) is 3. The number of methoxy groups -OCH3 is 1. The van der Waals surface area contributed by atoms with E-state index in [1.807, 2.05) is 41.1 Å². The number of aromatic nitrogens is 1. The Bertz CT molecular complexity index is 1610. The highest BCUT2D eigenvalue weighted by atomic mass is 32.1. The van der Waals surface area contributed by atoms with Crippen LogP contribution in [0.3, 0.4) is 0 Å². The van der Waals surface area contributed by atoms with E-state index in [-0.39, 0.29) is 16.4 Å². The highest BCUT2D eigenvalue weighted by Gasteiger charge is 2.34. The fourth-order valence-corrected chi connectivity index (χ4v) is 4.55. The molecule has 0 atom stereocenters. The number of amides is 2. The summed E-state index contributed by atoms with van der Waals surface area (Å²) in [5.41, 5.74) is 2.69. The van der Waals surface area contributed by atoms with Gasteiger partial charge in [0.15, 0.2) is 5.11 Å². The second-order valence-corrected chi connectivity index (χ2v) is 8.70. The summed E-state index contributed by atoms with van der Waals surface area (Å²) < 4.78 is 7.11. The molecule has 1 saturated heterocycles. The molecule has 4 aromatic rings. The van der Waals surface area contributed by atoms with Crippen molar-refractivity contribution in [1.82, 2.24) is 9.88 Å². The van der Waals surface area contributed by atoms with Gasteiger partial charge in [-0.15, -0.1) is 0 Å². The molecule has 1 aromatic heterocycles. The second kappa shape index (κ2) is 9.67. The molecule has 0 aliphatic carbocycles.